The highest BCUT2D eigenvalue weighted by molar-refractivity contribution is 6.12. The van der Waals surface area contributed by atoms with Gasteiger partial charge < -0.3 is 0 Å². The van der Waals surface area contributed by atoms with Gasteiger partial charge in [0.15, 0.2) is 0 Å². The second-order valence-electron chi connectivity index (χ2n) is 14.6. The van der Waals surface area contributed by atoms with Crippen LogP contribution in [0.4, 0.5) is 0 Å². The molecule has 0 heteroatoms. The molecule has 12 rings (SSSR count). The Hall–Kier alpha value is -7.02. The largest absolute Gasteiger partial charge is 0.0616 e. The molecular weight excluding hydrogens is 649 g/mol. The quantitative estimate of drug-likeness (QED) is 0.140. The standard InChI is InChI=1S/C54H32/c1-5-21-37-33(17-1)34-18-2-6-22-38(34)49(37)51-41-25-9-13-29-45(41)53(46-30-14-10-26-42(46)51)54-47-31-15-11-27-43(47)52(44-28-12-16-32-48(44)54)50-39-23-7-3-19-35(39)36-20-4-8-24-40(36)50/h1-32H. The van der Waals surface area contributed by atoms with E-state index in [0.717, 1.165) is 0 Å². The van der Waals surface area contributed by atoms with Gasteiger partial charge in [-0.1, -0.05) is 194 Å². The number of fused-ring (bicyclic) bond motifs is 10. The van der Waals surface area contributed by atoms with Crippen LogP contribution in [0.15, 0.2) is 194 Å². The van der Waals surface area contributed by atoms with Crippen molar-refractivity contribution in [2.75, 3.05) is 0 Å². The third kappa shape index (κ3) is 3.92. The molecule has 0 amide bonds. The van der Waals surface area contributed by atoms with Crippen molar-refractivity contribution in [3.05, 3.63) is 237 Å². The van der Waals surface area contributed by atoms with Gasteiger partial charge in [0.2, 0.25) is 0 Å². The summed E-state index contributed by atoms with van der Waals surface area (Å²) >= 11 is 0. The van der Waals surface area contributed by atoms with E-state index in [9.17, 15) is 0 Å². The number of benzene rings is 10. The van der Waals surface area contributed by atoms with Crippen molar-refractivity contribution in [3.8, 4) is 22.3 Å². The van der Waals surface area contributed by atoms with Gasteiger partial charge in [-0.05, 0) is 120 Å². The Bertz CT molecular complexity index is 3040. The van der Waals surface area contributed by atoms with E-state index in [1.54, 1.807) is 0 Å². The average molecular weight is 681 g/mol. The van der Waals surface area contributed by atoms with E-state index >= 15 is 0 Å². The molecule has 54 heavy (non-hydrogen) atoms. The minimum atomic E-state index is 1.27. The van der Waals surface area contributed by atoms with Crippen LogP contribution in [-0.2, 0) is 0 Å². The van der Waals surface area contributed by atoms with Crippen molar-refractivity contribution < 1.29 is 0 Å². The van der Waals surface area contributed by atoms with Gasteiger partial charge in [-0.2, -0.15) is 0 Å². The molecule has 2 aliphatic carbocycles. The summed E-state index contributed by atoms with van der Waals surface area (Å²) in [6.45, 7) is 0. The van der Waals surface area contributed by atoms with Crippen molar-refractivity contribution in [2.24, 2.45) is 0 Å². The number of hydrogen-bond donors (Lipinski definition) is 0. The average Bonchev–Trinajstić information content (AvgIpc) is 3.75. The van der Waals surface area contributed by atoms with E-state index in [2.05, 4.69) is 194 Å². The van der Waals surface area contributed by atoms with E-state index < -0.39 is 0 Å². The third-order valence-corrected chi connectivity index (χ3v) is 12.0. The lowest BCUT2D eigenvalue weighted by Gasteiger charge is -2.15. The number of hydrogen-bond acceptors (Lipinski definition) is 0. The Kier molecular flexibility index (Phi) is 6.15. The maximum atomic E-state index is 2.35. The van der Waals surface area contributed by atoms with Crippen LogP contribution in [0.2, 0.25) is 0 Å². The second kappa shape index (κ2) is 11.2. The summed E-state index contributed by atoms with van der Waals surface area (Å²) in [6, 6.07) is 72.2. The smallest absolute Gasteiger partial charge is 0.00139 e. The van der Waals surface area contributed by atoms with Gasteiger partial charge in [0.1, 0.15) is 0 Å². The van der Waals surface area contributed by atoms with Gasteiger partial charge >= 0.3 is 0 Å². The van der Waals surface area contributed by atoms with Gasteiger partial charge in [-0.3, -0.25) is 0 Å². The van der Waals surface area contributed by atoms with Crippen LogP contribution in [0.25, 0.3) is 76.5 Å². The molecule has 248 valence electrons. The summed E-state index contributed by atoms with van der Waals surface area (Å²) in [4.78, 5) is 0. The van der Waals surface area contributed by atoms with E-state index in [-0.39, 0.29) is 0 Å². The van der Waals surface area contributed by atoms with Crippen molar-refractivity contribution in [3.63, 3.8) is 0 Å². The fourth-order valence-electron chi connectivity index (χ4n) is 9.91. The maximum absolute atomic E-state index is 2.35. The first-order valence-corrected chi connectivity index (χ1v) is 18.9. The van der Waals surface area contributed by atoms with Crippen LogP contribution < -0.4 is 10.4 Å². The van der Waals surface area contributed by atoms with E-state index in [4.69, 9.17) is 0 Å². The predicted octanol–water partition coefficient (Wildman–Crippen LogP) is 12.0. The molecule has 0 N–H and O–H groups in total. The summed E-state index contributed by atoms with van der Waals surface area (Å²) in [6.07, 6.45) is 0. The van der Waals surface area contributed by atoms with Crippen molar-refractivity contribution in [1.82, 2.24) is 0 Å². The minimum Gasteiger partial charge on any atom is -0.0616 e. The molecule has 10 aromatic rings. The van der Waals surface area contributed by atoms with E-state index in [1.807, 2.05) is 0 Å². The highest BCUT2D eigenvalue weighted by Crippen LogP contribution is 2.45. The lowest BCUT2D eigenvalue weighted by Crippen LogP contribution is -2.13. The topological polar surface area (TPSA) is 0 Å². The highest BCUT2D eigenvalue weighted by Gasteiger charge is 2.26. The first kappa shape index (κ1) is 29.5. The molecule has 0 aromatic heterocycles. The number of rotatable bonds is 0. The van der Waals surface area contributed by atoms with Crippen LogP contribution >= 0.6 is 0 Å². The Labute approximate surface area is 312 Å². The highest BCUT2D eigenvalue weighted by atomic mass is 14.3. The SMILES string of the molecule is c1ccc2c(c1)C(=c1c3ccccc3c(=c3c4ccccc4c(=C4c5ccccc5-c5ccccc54)c4ccccc34)c3ccccc13)c1ccccc1-2. The molecule has 0 heterocycles. The zero-order valence-electron chi connectivity index (χ0n) is 29.5. The fraction of sp³-hybridized carbons (Fsp3) is 0. The Morgan fingerprint density at radius 3 is 0.537 bits per heavy atom. The Morgan fingerprint density at radius 1 is 0.148 bits per heavy atom. The summed E-state index contributed by atoms with van der Waals surface area (Å²) in [5.74, 6) is 0. The van der Waals surface area contributed by atoms with Crippen molar-refractivity contribution >= 4 is 54.2 Å². The molecule has 2 aliphatic rings. The van der Waals surface area contributed by atoms with Gasteiger partial charge in [0.25, 0.3) is 0 Å². The summed E-state index contributed by atoms with van der Waals surface area (Å²) in [5.41, 5.74) is 13.1. The zero-order valence-corrected chi connectivity index (χ0v) is 29.5. The molecule has 0 unspecified atom stereocenters. The molecule has 0 spiro atoms. The monoisotopic (exact) mass is 680 g/mol. The first-order chi connectivity index (χ1) is 26.9. The molecule has 0 saturated carbocycles. The second-order valence-corrected chi connectivity index (χ2v) is 14.6. The summed E-state index contributed by atoms with van der Waals surface area (Å²) in [5, 5.41) is 15.4. The van der Waals surface area contributed by atoms with Gasteiger partial charge in [-0.25, -0.2) is 0 Å². The van der Waals surface area contributed by atoms with Crippen LogP contribution in [0.3, 0.4) is 0 Å². The normalized spacial score (nSPS) is 12.7. The first-order valence-electron chi connectivity index (χ1n) is 18.9. The van der Waals surface area contributed by atoms with Gasteiger partial charge in [-0.15, -0.1) is 0 Å². The zero-order chi connectivity index (χ0) is 35.3. The molecule has 0 aliphatic heterocycles. The lowest BCUT2D eigenvalue weighted by molar-refractivity contribution is 1.57. The third-order valence-electron chi connectivity index (χ3n) is 12.0. The van der Waals surface area contributed by atoms with Crippen LogP contribution in [0, 0.1) is 10.4 Å². The molecule has 0 saturated heterocycles. The summed E-state index contributed by atoms with van der Waals surface area (Å²) < 4.78 is 0. The maximum Gasteiger partial charge on any atom is -0.00139 e. The van der Waals surface area contributed by atoms with Gasteiger partial charge in [0.05, 0.1) is 0 Å². The predicted molar refractivity (Wildman–Crippen MR) is 227 cm³/mol. The van der Waals surface area contributed by atoms with Crippen LogP contribution in [-0.4, -0.2) is 0 Å². The minimum absolute atomic E-state index is 1.27. The summed E-state index contributed by atoms with van der Waals surface area (Å²) in [7, 11) is 0. The Balaban J connectivity index is 1.39. The van der Waals surface area contributed by atoms with Crippen molar-refractivity contribution in [1.29, 1.82) is 0 Å². The molecular formula is C54H32. The molecule has 0 bridgehead atoms. The van der Waals surface area contributed by atoms with Crippen LogP contribution in [0.1, 0.15) is 22.3 Å². The lowest BCUT2D eigenvalue weighted by atomic mass is 9.88. The molecule has 0 radical (unpaired) electrons. The Morgan fingerprint density at radius 2 is 0.315 bits per heavy atom. The molecule has 10 aromatic carbocycles. The van der Waals surface area contributed by atoms with Crippen molar-refractivity contribution in [2.45, 2.75) is 0 Å². The van der Waals surface area contributed by atoms with E-state index in [0.29, 0.717) is 0 Å². The van der Waals surface area contributed by atoms with Gasteiger partial charge in [0, 0.05) is 0 Å². The molecule has 0 nitrogen and oxygen atoms in total. The van der Waals surface area contributed by atoms with Crippen LogP contribution in [0.5, 0.6) is 0 Å². The molecule has 0 fully saturated rings. The fourth-order valence-corrected chi connectivity index (χ4v) is 9.91. The van der Waals surface area contributed by atoms with E-state index in [1.165, 1.54) is 120 Å². The molecule has 0 atom stereocenters.